The summed E-state index contributed by atoms with van der Waals surface area (Å²) in [6.07, 6.45) is 0.0303. The average molecular weight is 427 g/mol. The van der Waals surface area contributed by atoms with Gasteiger partial charge in [-0.1, -0.05) is 56.3 Å². The number of benzene rings is 2. The molecule has 8 heteroatoms. The topological polar surface area (TPSA) is 99.3 Å². The molecule has 3 amide bonds. The van der Waals surface area contributed by atoms with Crippen molar-refractivity contribution in [1.29, 1.82) is 0 Å². The van der Waals surface area contributed by atoms with Crippen molar-refractivity contribution in [2.45, 2.75) is 39.2 Å². The lowest BCUT2D eigenvalue weighted by molar-refractivity contribution is -0.126. The molecule has 30 heavy (non-hydrogen) atoms. The quantitative estimate of drug-likeness (QED) is 0.403. The van der Waals surface area contributed by atoms with Crippen LogP contribution in [0.15, 0.2) is 54.6 Å². The standard InChI is InChI=1S/C22H26N4O3S/c1-15(2)17-8-10-18(11-9-17)21(29)24-22(30)26-25-20(28)13-12-19(27)23-14-16-6-4-3-5-7-16/h3-11,15H,12-14H2,1-2H3,(H,23,27)(H,25,28)(H2,24,26,29,30). The number of hydrogen-bond acceptors (Lipinski definition) is 4. The third-order valence-electron chi connectivity index (χ3n) is 4.29. The minimum Gasteiger partial charge on any atom is -0.352 e. The highest BCUT2D eigenvalue weighted by molar-refractivity contribution is 7.80. The summed E-state index contributed by atoms with van der Waals surface area (Å²) in [6.45, 7) is 4.56. The fourth-order valence-electron chi connectivity index (χ4n) is 2.53. The van der Waals surface area contributed by atoms with E-state index in [4.69, 9.17) is 12.2 Å². The monoisotopic (exact) mass is 426 g/mol. The Balaban J connectivity index is 1.65. The van der Waals surface area contributed by atoms with E-state index in [1.165, 1.54) is 0 Å². The van der Waals surface area contributed by atoms with Crippen LogP contribution in [0.5, 0.6) is 0 Å². The Bertz CT molecular complexity index is 883. The molecule has 2 aromatic rings. The van der Waals surface area contributed by atoms with Gasteiger partial charge in [0.2, 0.25) is 11.8 Å². The predicted molar refractivity (Wildman–Crippen MR) is 119 cm³/mol. The van der Waals surface area contributed by atoms with E-state index in [1.54, 1.807) is 12.1 Å². The summed E-state index contributed by atoms with van der Waals surface area (Å²) in [5.41, 5.74) is 7.41. The van der Waals surface area contributed by atoms with Gasteiger partial charge in [-0.05, 0) is 41.4 Å². The zero-order chi connectivity index (χ0) is 21.9. The molecule has 0 bridgehead atoms. The maximum atomic E-state index is 12.2. The Hall–Kier alpha value is -3.26. The Morgan fingerprint density at radius 2 is 1.50 bits per heavy atom. The number of thiocarbonyl (C=S) groups is 1. The number of nitrogens with one attached hydrogen (secondary N) is 4. The van der Waals surface area contributed by atoms with Crippen molar-refractivity contribution < 1.29 is 14.4 Å². The number of amides is 3. The third kappa shape index (κ3) is 8.00. The maximum absolute atomic E-state index is 12.2. The van der Waals surface area contributed by atoms with Gasteiger partial charge in [-0.3, -0.25) is 30.6 Å². The van der Waals surface area contributed by atoms with Crippen LogP contribution in [0.1, 0.15) is 54.1 Å². The zero-order valence-electron chi connectivity index (χ0n) is 17.0. The lowest BCUT2D eigenvalue weighted by atomic mass is 10.0. The second kappa shape index (κ2) is 11.7. The molecule has 0 heterocycles. The molecule has 2 aromatic carbocycles. The first kappa shape index (κ1) is 23.0. The molecule has 0 saturated heterocycles. The van der Waals surface area contributed by atoms with Gasteiger partial charge in [0.25, 0.3) is 5.91 Å². The van der Waals surface area contributed by atoms with Gasteiger partial charge < -0.3 is 5.32 Å². The highest BCUT2D eigenvalue weighted by Crippen LogP contribution is 2.14. The van der Waals surface area contributed by atoms with E-state index in [1.807, 2.05) is 42.5 Å². The summed E-state index contributed by atoms with van der Waals surface area (Å²) in [4.78, 5) is 35.9. The highest BCUT2D eigenvalue weighted by atomic mass is 32.1. The minimum absolute atomic E-state index is 0.0130. The zero-order valence-corrected chi connectivity index (χ0v) is 17.8. The van der Waals surface area contributed by atoms with Crippen LogP contribution in [-0.4, -0.2) is 22.8 Å². The van der Waals surface area contributed by atoms with E-state index in [2.05, 4.69) is 35.3 Å². The fraction of sp³-hybridized carbons (Fsp3) is 0.273. The van der Waals surface area contributed by atoms with Gasteiger partial charge >= 0.3 is 0 Å². The maximum Gasteiger partial charge on any atom is 0.257 e. The van der Waals surface area contributed by atoms with Gasteiger partial charge in [0.1, 0.15) is 0 Å². The van der Waals surface area contributed by atoms with Crippen molar-refractivity contribution in [2.24, 2.45) is 0 Å². The van der Waals surface area contributed by atoms with Crippen LogP contribution in [0.25, 0.3) is 0 Å². The van der Waals surface area contributed by atoms with E-state index in [9.17, 15) is 14.4 Å². The number of carbonyl (C=O) groups excluding carboxylic acids is 3. The van der Waals surface area contributed by atoms with Crippen molar-refractivity contribution in [1.82, 2.24) is 21.5 Å². The van der Waals surface area contributed by atoms with E-state index in [-0.39, 0.29) is 29.8 Å². The molecule has 0 spiro atoms. The first-order valence-corrected chi connectivity index (χ1v) is 10.1. The summed E-state index contributed by atoms with van der Waals surface area (Å²) < 4.78 is 0. The van der Waals surface area contributed by atoms with Crippen molar-refractivity contribution in [3.8, 4) is 0 Å². The van der Waals surface area contributed by atoms with E-state index in [0.29, 0.717) is 18.0 Å². The largest absolute Gasteiger partial charge is 0.352 e. The summed E-state index contributed by atoms with van der Waals surface area (Å²) in [6, 6.07) is 16.7. The molecule has 0 atom stereocenters. The second-order valence-electron chi connectivity index (χ2n) is 7.00. The Morgan fingerprint density at radius 1 is 0.867 bits per heavy atom. The van der Waals surface area contributed by atoms with Crippen molar-refractivity contribution in [3.05, 3.63) is 71.3 Å². The van der Waals surface area contributed by atoms with Crippen molar-refractivity contribution in [2.75, 3.05) is 0 Å². The highest BCUT2D eigenvalue weighted by Gasteiger charge is 2.10. The molecule has 0 aliphatic heterocycles. The first-order chi connectivity index (χ1) is 14.3. The Kier molecular flexibility index (Phi) is 8.96. The number of rotatable bonds is 7. The van der Waals surface area contributed by atoms with Gasteiger partial charge in [0.15, 0.2) is 5.11 Å². The van der Waals surface area contributed by atoms with Crippen LogP contribution in [0.2, 0.25) is 0 Å². The van der Waals surface area contributed by atoms with Gasteiger partial charge in [0, 0.05) is 24.9 Å². The number of hydrogen-bond donors (Lipinski definition) is 4. The van der Waals surface area contributed by atoms with E-state index in [0.717, 1.165) is 11.1 Å². The Morgan fingerprint density at radius 3 is 2.13 bits per heavy atom. The lowest BCUT2D eigenvalue weighted by Gasteiger charge is -2.11. The van der Waals surface area contributed by atoms with Gasteiger partial charge in [-0.15, -0.1) is 0 Å². The smallest absolute Gasteiger partial charge is 0.257 e. The molecule has 0 radical (unpaired) electrons. The summed E-state index contributed by atoms with van der Waals surface area (Å²) >= 11 is 5.01. The van der Waals surface area contributed by atoms with E-state index >= 15 is 0 Å². The van der Waals surface area contributed by atoms with Crippen molar-refractivity contribution >= 4 is 35.1 Å². The summed E-state index contributed by atoms with van der Waals surface area (Å²) in [7, 11) is 0. The molecular weight excluding hydrogens is 400 g/mol. The fourth-order valence-corrected chi connectivity index (χ4v) is 2.67. The van der Waals surface area contributed by atoms with Crippen LogP contribution in [-0.2, 0) is 16.1 Å². The van der Waals surface area contributed by atoms with Gasteiger partial charge in [-0.2, -0.15) is 0 Å². The van der Waals surface area contributed by atoms with E-state index < -0.39 is 5.91 Å². The molecular formula is C22H26N4O3S. The van der Waals surface area contributed by atoms with Gasteiger partial charge in [-0.25, -0.2) is 0 Å². The second-order valence-corrected chi connectivity index (χ2v) is 7.40. The first-order valence-electron chi connectivity index (χ1n) is 9.66. The molecule has 0 fully saturated rings. The van der Waals surface area contributed by atoms with Crippen LogP contribution < -0.4 is 21.5 Å². The molecule has 4 N–H and O–H groups in total. The minimum atomic E-state index is -0.414. The van der Waals surface area contributed by atoms with Crippen LogP contribution >= 0.6 is 12.2 Å². The van der Waals surface area contributed by atoms with Crippen LogP contribution in [0.3, 0.4) is 0 Å². The Labute approximate surface area is 181 Å². The van der Waals surface area contributed by atoms with Crippen LogP contribution in [0.4, 0.5) is 0 Å². The number of hydrazine groups is 1. The normalized spacial score (nSPS) is 10.2. The molecule has 7 nitrogen and oxygen atoms in total. The SMILES string of the molecule is CC(C)c1ccc(C(=O)NC(=S)NNC(=O)CCC(=O)NCc2ccccc2)cc1. The molecule has 2 rings (SSSR count). The average Bonchev–Trinajstić information content (AvgIpc) is 2.75. The van der Waals surface area contributed by atoms with Crippen LogP contribution in [0, 0.1) is 0 Å². The van der Waals surface area contributed by atoms with Crippen molar-refractivity contribution in [3.63, 3.8) is 0 Å². The molecule has 158 valence electrons. The number of carbonyl (C=O) groups is 3. The molecule has 0 aliphatic carbocycles. The molecule has 0 unspecified atom stereocenters. The van der Waals surface area contributed by atoms with Gasteiger partial charge in [0.05, 0.1) is 0 Å². The molecule has 0 aromatic heterocycles. The lowest BCUT2D eigenvalue weighted by Crippen LogP contribution is -2.48. The summed E-state index contributed by atoms with van der Waals surface area (Å²) in [5.74, 6) is -0.643. The predicted octanol–water partition coefficient (Wildman–Crippen LogP) is 2.54. The molecule has 0 saturated carbocycles. The molecule has 0 aliphatic rings. The summed E-state index contributed by atoms with van der Waals surface area (Å²) in [5, 5.41) is 5.21. The third-order valence-corrected chi connectivity index (χ3v) is 4.50.